The minimum absolute atomic E-state index is 0.00266. The molecule has 0 N–H and O–H groups in total. The van der Waals surface area contributed by atoms with Crippen LogP contribution in [0.15, 0.2) is 42.5 Å². The van der Waals surface area contributed by atoms with E-state index in [0.29, 0.717) is 18.8 Å². The van der Waals surface area contributed by atoms with Crippen molar-refractivity contribution in [3.8, 4) is 11.5 Å². The summed E-state index contributed by atoms with van der Waals surface area (Å²) in [6.07, 6.45) is 1.97. The molecular weight excluding hydrogens is 359 g/mol. The molecule has 2 aromatic carbocycles. The Hall–Kier alpha value is -2.60. The smallest absolute Gasteiger partial charge is 0.241 e. The number of carbonyl (C=O) groups is 1. The molecule has 28 heavy (non-hydrogen) atoms. The number of methoxy groups -OCH3 is 2. The highest BCUT2D eigenvalue weighted by atomic mass is 19.1. The number of benzene rings is 2. The van der Waals surface area contributed by atoms with Crippen LogP contribution in [0.5, 0.6) is 11.5 Å². The second-order valence-corrected chi connectivity index (χ2v) is 6.85. The number of anilines is 1. The van der Waals surface area contributed by atoms with Crippen LogP contribution in [-0.2, 0) is 4.79 Å². The predicted molar refractivity (Wildman–Crippen MR) is 108 cm³/mol. The number of halogens is 1. The molecule has 0 radical (unpaired) electrons. The minimum atomic E-state index is -0.308. The molecule has 1 aliphatic rings. The topological polar surface area (TPSA) is 42.0 Å². The molecule has 1 aliphatic heterocycles. The van der Waals surface area contributed by atoms with Crippen molar-refractivity contribution in [2.75, 3.05) is 38.8 Å². The maximum Gasteiger partial charge on any atom is 0.241 e. The van der Waals surface area contributed by atoms with Gasteiger partial charge in [0.15, 0.2) is 0 Å². The van der Waals surface area contributed by atoms with Gasteiger partial charge in [0, 0.05) is 23.8 Å². The molecule has 0 saturated carbocycles. The minimum Gasteiger partial charge on any atom is -0.497 e. The van der Waals surface area contributed by atoms with E-state index in [4.69, 9.17) is 9.47 Å². The third-order valence-corrected chi connectivity index (χ3v) is 5.25. The Bertz CT molecular complexity index is 810. The summed E-state index contributed by atoms with van der Waals surface area (Å²) in [5.74, 6) is 1.27. The molecule has 0 spiro atoms. The highest BCUT2D eigenvalue weighted by Gasteiger charge is 2.31. The summed E-state index contributed by atoms with van der Waals surface area (Å²) in [6, 6.07) is 11.9. The molecule has 150 valence electrons. The van der Waals surface area contributed by atoms with E-state index in [-0.39, 0.29) is 17.8 Å². The molecule has 1 atom stereocenters. The molecule has 3 rings (SSSR count). The fourth-order valence-corrected chi connectivity index (χ4v) is 3.85. The Morgan fingerprint density at radius 3 is 2.57 bits per heavy atom. The summed E-state index contributed by atoms with van der Waals surface area (Å²) in [5, 5.41) is 0. The number of rotatable bonds is 7. The van der Waals surface area contributed by atoms with Crippen LogP contribution in [0.25, 0.3) is 0 Å². The molecule has 1 saturated heterocycles. The van der Waals surface area contributed by atoms with Crippen LogP contribution in [-0.4, -0.2) is 44.7 Å². The fraction of sp³-hybridized carbons (Fsp3) is 0.409. The van der Waals surface area contributed by atoms with Gasteiger partial charge < -0.3 is 14.4 Å². The van der Waals surface area contributed by atoms with Crippen LogP contribution in [0.1, 0.15) is 31.4 Å². The van der Waals surface area contributed by atoms with Crippen LogP contribution in [0.4, 0.5) is 10.1 Å². The molecule has 0 bridgehead atoms. The van der Waals surface area contributed by atoms with Gasteiger partial charge in [0.25, 0.3) is 0 Å². The Morgan fingerprint density at radius 2 is 1.93 bits per heavy atom. The standard InChI is InChI=1S/C22H27FN2O3/c1-4-25(17-9-7-16(23)8-10-17)22(26)15-24-13-5-6-20(24)19-14-18(27-2)11-12-21(19)28-3/h7-12,14,20H,4-6,13,15H2,1-3H3/t20-/m1/s1. The zero-order valence-corrected chi connectivity index (χ0v) is 16.7. The molecule has 1 heterocycles. The summed E-state index contributed by atoms with van der Waals surface area (Å²) in [7, 11) is 3.30. The lowest BCUT2D eigenvalue weighted by Gasteiger charge is -2.29. The second-order valence-electron chi connectivity index (χ2n) is 6.85. The Balaban J connectivity index is 1.79. The highest BCUT2D eigenvalue weighted by molar-refractivity contribution is 5.94. The van der Waals surface area contributed by atoms with Crippen molar-refractivity contribution in [3.63, 3.8) is 0 Å². The van der Waals surface area contributed by atoms with E-state index in [1.165, 1.54) is 12.1 Å². The molecule has 2 aromatic rings. The predicted octanol–water partition coefficient (Wildman–Crippen LogP) is 4.03. The van der Waals surface area contributed by atoms with E-state index in [0.717, 1.165) is 36.4 Å². The number of ether oxygens (including phenoxy) is 2. The van der Waals surface area contributed by atoms with Gasteiger partial charge in [-0.25, -0.2) is 4.39 Å². The fourth-order valence-electron chi connectivity index (χ4n) is 3.85. The Kier molecular flexibility index (Phi) is 6.52. The quantitative estimate of drug-likeness (QED) is 0.720. The first-order valence-corrected chi connectivity index (χ1v) is 9.59. The Labute approximate surface area is 165 Å². The number of amides is 1. The summed E-state index contributed by atoms with van der Waals surface area (Å²) >= 11 is 0. The molecule has 0 aromatic heterocycles. The van der Waals surface area contributed by atoms with Gasteiger partial charge in [0.2, 0.25) is 5.91 Å². The lowest BCUT2D eigenvalue weighted by molar-refractivity contribution is -0.119. The first-order valence-electron chi connectivity index (χ1n) is 9.59. The van der Waals surface area contributed by atoms with Gasteiger partial charge >= 0.3 is 0 Å². The number of hydrogen-bond donors (Lipinski definition) is 0. The third kappa shape index (κ3) is 4.28. The van der Waals surface area contributed by atoms with Gasteiger partial charge in [0.05, 0.1) is 20.8 Å². The number of carbonyl (C=O) groups excluding carboxylic acids is 1. The van der Waals surface area contributed by atoms with Crippen LogP contribution in [0.2, 0.25) is 0 Å². The average Bonchev–Trinajstić information content (AvgIpc) is 3.17. The molecule has 1 fully saturated rings. The van der Waals surface area contributed by atoms with E-state index < -0.39 is 0 Å². The van der Waals surface area contributed by atoms with Gasteiger partial charge in [0.1, 0.15) is 17.3 Å². The SMILES string of the molecule is CCN(C(=O)CN1CCC[C@@H]1c1cc(OC)ccc1OC)c1ccc(F)cc1. The van der Waals surface area contributed by atoms with Crippen LogP contribution < -0.4 is 14.4 Å². The third-order valence-electron chi connectivity index (χ3n) is 5.25. The zero-order valence-electron chi connectivity index (χ0n) is 16.7. The lowest BCUT2D eigenvalue weighted by Crippen LogP contribution is -2.40. The van der Waals surface area contributed by atoms with Crippen molar-refractivity contribution in [1.29, 1.82) is 0 Å². The van der Waals surface area contributed by atoms with Crippen molar-refractivity contribution in [1.82, 2.24) is 4.90 Å². The van der Waals surface area contributed by atoms with Gasteiger partial charge in [-0.05, 0) is 68.8 Å². The molecule has 0 aliphatic carbocycles. The van der Waals surface area contributed by atoms with Crippen molar-refractivity contribution in [2.45, 2.75) is 25.8 Å². The number of likely N-dealkylation sites (tertiary alicyclic amines) is 1. The lowest BCUT2D eigenvalue weighted by atomic mass is 10.0. The van der Waals surface area contributed by atoms with Gasteiger partial charge in [-0.3, -0.25) is 9.69 Å². The maximum atomic E-state index is 13.2. The molecular formula is C22H27FN2O3. The van der Waals surface area contributed by atoms with Gasteiger partial charge in [-0.15, -0.1) is 0 Å². The number of hydrogen-bond acceptors (Lipinski definition) is 4. The van der Waals surface area contributed by atoms with E-state index >= 15 is 0 Å². The summed E-state index contributed by atoms with van der Waals surface area (Å²) in [4.78, 5) is 16.9. The largest absolute Gasteiger partial charge is 0.497 e. The normalized spacial score (nSPS) is 16.8. The molecule has 6 heteroatoms. The van der Waals surface area contributed by atoms with Crippen LogP contribution in [0, 0.1) is 5.82 Å². The van der Waals surface area contributed by atoms with E-state index in [2.05, 4.69) is 4.90 Å². The van der Waals surface area contributed by atoms with E-state index in [1.807, 2.05) is 25.1 Å². The summed E-state index contributed by atoms with van der Waals surface area (Å²) < 4.78 is 24.1. The van der Waals surface area contributed by atoms with Crippen molar-refractivity contribution >= 4 is 11.6 Å². The first kappa shape index (κ1) is 20.1. The molecule has 5 nitrogen and oxygen atoms in total. The first-order chi connectivity index (χ1) is 13.6. The van der Waals surface area contributed by atoms with Crippen LogP contribution >= 0.6 is 0 Å². The second kappa shape index (κ2) is 9.06. The average molecular weight is 386 g/mol. The van der Waals surface area contributed by atoms with Crippen LogP contribution in [0.3, 0.4) is 0 Å². The van der Waals surface area contributed by atoms with Gasteiger partial charge in [-0.2, -0.15) is 0 Å². The zero-order chi connectivity index (χ0) is 20.1. The van der Waals surface area contributed by atoms with Crippen molar-refractivity contribution in [3.05, 3.63) is 53.8 Å². The maximum absolute atomic E-state index is 13.2. The number of likely N-dealkylation sites (N-methyl/N-ethyl adjacent to an activating group) is 1. The molecule has 0 unspecified atom stereocenters. The number of nitrogens with zero attached hydrogens (tertiary/aromatic N) is 2. The van der Waals surface area contributed by atoms with Gasteiger partial charge in [-0.1, -0.05) is 0 Å². The van der Waals surface area contributed by atoms with Crippen molar-refractivity contribution < 1.29 is 18.7 Å². The van der Waals surface area contributed by atoms with E-state index in [1.54, 1.807) is 31.3 Å². The summed E-state index contributed by atoms with van der Waals surface area (Å²) in [6.45, 7) is 3.60. The highest BCUT2D eigenvalue weighted by Crippen LogP contribution is 2.38. The van der Waals surface area contributed by atoms with Crippen molar-refractivity contribution in [2.24, 2.45) is 0 Å². The summed E-state index contributed by atoms with van der Waals surface area (Å²) in [5.41, 5.74) is 1.75. The van der Waals surface area contributed by atoms with E-state index in [9.17, 15) is 9.18 Å². The Morgan fingerprint density at radius 1 is 1.18 bits per heavy atom. The molecule has 1 amide bonds. The monoisotopic (exact) mass is 386 g/mol.